The molecule has 0 aliphatic carbocycles. The molecule has 2 amide bonds. The minimum absolute atomic E-state index is 0.00692. The average Bonchev–Trinajstić information content (AvgIpc) is 2.58. The molecule has 0 heterocycles. The van der Waals surface area contributed by atoms with Crippen LogP contribution in [0.2, 0.25) is 0 Å². The van der Waals surface area contributed by atoms with Crippen molar-refractivity contribution in [2.45, 2.75) is 0 Å². The third-order valence-electron chi connectivity index (χ3n) is 2.95. The summed E-state index contributed by atoms with van der Waals surface area (Å²) in [5.41, 5.74) is 5.93. The molecule has 0 unspecified atom stereocenters. The summed E-state index contributed by atoms with van der Waals surface area (Å²) in [7, 11) is 1.56. The first kappa shape index (κ1) is 17.1. The van der Waals surface area contributed by atoms with Crippen molar-refractivity contribution in [2.75, 3.05) is 19.0 Å². The predicted molar refractivity (Wildman–Crippen MR) is 96.3 cm³/mol. The maximum Gasteiger partial charge on any atom is 0.269 e. The Bertz CT molecular complexity index is 706. The van der Waals surface area contributed by atoms with Gasteiger partial charge in [-0.2, -0.15) is 0 Å². The SMILES string of the molecule is COc1ccccc1NCC(=O)NNC(=O)c1cccc(I)c1. The molecule has 0 saturated carbocycles. The number of methoxy groups -OCH3 is 1. The van der Waals surface area contributed by atoms with E-state index in [1.165, 1.54) is 0 Å². The number of anilines is 1. The summed E-state index contributed by atoms with van der Waals surface area (Å²) in [5, 5.41) is 2.95. The fourth-order valence-corrected chi connectivity index (χ4v) is 2.38. The molecule has 0 atom stereocenters. The van der Waals surface area contributed by atoms with Crippen LogP contribution in [0.4, 0.5) is 5.69 Å². The topological polar surface area (TPSA) is 79.5 Å². The first-order valence-electron chi connectivity index (χ1n) is 6.82. The molecule has 0 spiro atoms. The lowest BCUT2D eigenvalue weighted by Gasteiger charge is -2.11. The zero-order valence-corrected chi connectivity index (χ0v) is 14.6. The van der Waals surface area contributed by atoms with Crippen LogP contribution >= 0.6 is 22.6 Å². The van der Waals surface area contributed by atoms with E-state index >= 15 is 0 Å². The van der Waals surface area contributed by atoms with Gasteiger partial charge in [0.05, 0.1) is 19.3 Å². The Morgan fingerprint density at radius 1 is 1.09 bits per heavy atom. The van der Waals surface area contributed by atoms with E-state index in [-0.39, 0.29) is 18.4 Å². The van der Waals surface area contributed by atoms with Gasteiger partial charge in [0.2, 0.25) is 0 Å². The van der Waals surface area contributed by atoms with Gasteiger partial charge in [-0.05, 0) is 52.9 Å². The molecular formula is C16H16IN3O3. The van der Waals surface area contributed by atoms with Gasteiger partial charge in [0.25, 0.3) is 11.8 Å². The number of carbonyl (C=O) groups is 2. The summed E-state index contributed by atoms with van der Waals surface area (Å²) < 4.78 is 6.12. The van der Waals surface area contributed by atoms with Crippen LogP contribution in [0, 0.1) is 3.57 Å². The number of amides is 2. The predicted octanol–water partition coefficient (Wildman–Crippen LogP) is 2.17. The number of ether oxygens (including phenoxy) is 1. The fourth-order valence-electron chi connectivity index (χ4n) is 1.84. The van der Waals surface area contributed by atoms with Crippen LogP contribution in [-0.4, -0.2) is 25.5 Å². The van der Waals surface area contributed by atoms with E-state index in [0.717, 1.165) is 3.57 Å². The van der Waals surface area contributed by atoms with Crippen LogP contribution in [0.1, 0.15) is 10.4 Å². The highest BCUT2D eigenvalue weighted by Gasteiger charge is 2.08. The van der Waals surface area contributed by atoms with Gasteiger partial charge in [-0.15, -0.1) is 0 Å². The van der Waals surface area contributed by atoms with Crippen LogP contribution in [-0.2, 0) is 4.79 Å². The molecule has 120 valence electrons. The number of para-hydroxylation sites is 2. The van der Waals surface area contributed by atoms with E-state index in [2.05, 4.69) is 38.8 Å². The average molecular weight is 425 g/mol. The molecule has 0 aromatic heterocycles. The summed E-state index contributed by atoms with van der Waals surface area (Å²) in [5.74, 6) is -0.0905. The minimum Gasteiger partial charge on any atom is -0.495 e. The maximum absolute atomic E-state index is 11.9. The van der Waals surface area contributed by atoms with Gasteiger partial charge >= 0.3 is 0 Å². The van der Waals surface area contributed by atoms with E-state index < -0.39 is 0 Å². The minimum atomic E-state index is -0.367. The standard InChI is InChI=1S/C16H16IN3O3/c1-23-14-8-3-2-7-13(14)18-10-15(21)19-20-16(22)11-5-4-6-12(17)9-11/h2-9,18H,10H2,1H3,(H,19,21)(H,20,22). The summed E-state index contributed by atoms with van der Waals surface area (Å²) in [6.07, 6.45) is 0. The van der Waals surface area contributed by atoms with E-state index in [1.807, 2.05) is 18.2 Å². The lowest BCUT2D eigenvalue weighted by Crippen LogP contribution is -2.44. The number of hydrogen-bond acceptors (Lipinski definition) is 4. The Kier molecular flexibility index (Phi) is 6.21. The Balaban J connectivity index is 1.82. The van der Waals surface area contributed by atoms with Crippen LogP contribution < -0.4 is 20.9 Å². The number of nitrogens with one attached hydrogen (secondary N) is 3. The highest BCUT2D eigenvalue weighted by molar-refractivity contribution is 14.1. The van der Waals surface area contributed by atoms with E-state index in [9.17, 15) is 9.59 Å². The monoisotopic (exact) mass is 425 g/mol. The lowest BCUT2D eigenvalue weighted by molar-refractivity contribution is -0.120. The number of hydrogen-bond donors (Lipinski definition) is 3. The van der Waals surface area contributed by atoms with Gasteiger partial charge < -0.3 is 10.1 Å². The van der Waals surface area contributed by atoms with Gasteiger partial charge in [0, 0.05) is 9.13 Å². The van der Waals surface area contributed by atoms with Gasteiger partial charge in [-0.25, -0.2) is 0 Å². The number of rotatable bonds is 5. The Morgan fingerprint density at radius 3 is 2.61 bits per heavy atom. The van der Waals surface area contributed by atoms with Gasteiger partial charge in [-0.3, -0.25) is 20.4 Å². The second-order valence-electron chi connectivity index (χ2n) is 4.57. The normalized spacial score (nSPS) is 9.83. The van der Waals surface area contributed by atoms with Crippen LogP contribution in [0.3, 0.4) is 0 Å². The second-order valence-corrected chi connectivity index (χ2v) is 5.81. The highest BCUT2D eigenvalue weighted by atomic mass is 127. The third kappa shape index (κ3) is 5.13. The molecule has 23 heavy (non-hydrogen) atoms. The first-order chi connectivity index (χ1) is 11.1. The Labute approximate surface area is 147 Å². The highest BCUT2D eigenvalue weighted by Crippen LogP contribution is 2.22. The number of halogens is 1. The number of carbonyl (C=O) groups excluding carboxylic acids is 2. The summed E-state index contributed by atoms with van der Waals surface area (Å²) in [6.45, 7) is 0.00692. The molecular weight excluding hydrogens is 409 g/mol. The molecule has 0 aliphatic heterocycles. The maximum atomic E-state index is 11.9. The zero-order valence-electron chi connectivity index (χ0n) is 12.4. The van der Waals surface area contributed by atoms with Crippen molar-refractivity contribution >= 4 is 40.1 Å². The first-order valence-corrected chi connectivity index (χ1v) is 7.89. The summed E-state index contributed by atoms with van der Waals surface area (Å²) in [6, 6.07) is 14.3. The van der Waals surface area contributed by atoms with E-state index in [1.54, 1.807) is 37.4 Å². The van der Waals surface area contributed by atoms with Gasteiger partial charge in [-0.1, -0.05) is 18.2 Å². The molecule has 0 radical (unpaired) electrons. The quantitative estimate of drug-likeness (QED) is 0.507. The van der Waals surface area contributed by atoms with Crippen molar-refractivity contribution < 1.29 is 14.3 Å². The largest absolute Gasteiger partial charge is 0.495 e. The number of benzene rings is 2. The molecule has 0 bridgehead atoms. The van der Waals surface area contributed by atoms with Gasteiger partial charge in [0.1, 0.15) is 5.75 Å². The second kappa shape index (κ2) is 8.37. The third-order valence-corrected chi connectivity index (χ3v) is 3.62. The van der Waals surface area contributed by atoms with E-state index in [0.29, 0.717) is 17.0 Å². The van der Waals surface area contributed by atoms with Gasteiger partial charge in [0.15, 0.2) is 0 Å². The molecule has 2 aromatic rings. The molecule has 0 fully saturated rings. The zero-order chi connectivity index (χ0) is 16.7. The number of hydrazine groups is 1. The molecule has 7 heteroatoms. The molecule has 6 nitrogen and oxygen atoms in total. The van der Waals surface area contributed by atoms with Crippen molar-refractivity contribution in [1.29, 1.82) is 0 Å². The van der Waals surface area contributed by atoms with Crippen molar-refractivity contribution in [3.05, 3.63) is 57.7 Å². The van der Waals surface area contributed by atoms with Crippen LogP contribution in [0.15, 0.2) is 48.5 Å². The smallest absolute Gasteiger partial charge is 0.269 e. The molecule has 0 aliphatic rings. The van der Waals surface area contributed by atoms with E-state index in [4.69, 9.17) is 4.74 Å². The summed E-state index contributed by atoms with van der Waals surface area (Å²) >= 11 is 2.12. The molecule has 3 N–H and O–H groups in total. The van der Waals surface area contributed by atoms with Crippen molar-refractivity contribution in [1.82, 2.24) is 10.9 Å². The lowest BCUT2D eigenvalue weighted by atomic mass is 10.2. The Morgan fingerprint density at radius 2 is 1.87 bits per heavy atom. The fraction of sp³-hybridized carbons (Fsp3) is 0.125. The molecule has 0 saturated heterocycles. The van der Waals surface area contributed by atoms with Crippen LogP contribution in [0.25, 0.3) is 0 Å². The molecule has 2 rings (SSSR count). The Hall–Kier alpha value is -2.29. The van der Waals surface area contributed by atoms with Crippen LogP contribution in [0.5, 0.6) is 5.75 Å². The van der Waals surface area contributed by atoms with Crippen molar-refractivity contribution in [3.8, 4) is 5.75 Å². The molecule has 2 aromatic carbocycles. The van der Waals surface area contributed by atoms with Crippen molar-refractivity contribution in [2.24, 2.45) is 0 Å². The van der Waals surface area contributed by atoms with Crippen molar-refractivity contribution in [3.63, 3.8) is 0 Å². The summed E-state index contributed by atoms with van der Waals surface area (Å²) in [4.78, 5) is 23.7.